The number of carbonyl (C=O) groups excluding carboxylic acids is 3. The van der Waals surface area contributed by atoms with Crippen LogP contribution in [0.15, 0.2) is 0 Å². The molecule has 2 aliphatic rings. The van der Waals surface area contributed by atoms with Crippen molar-refractivity contribution >= 4 is 17.7 Å². The van der Waals surface area contributed by atoms with Crippen molar-refractivity contribution in [1.82, 2.24) is 14.7 Å². The second-order valence-electron chi connectivity index (χ2n) is 6.19. The minimum atomic E-state index is -0.260. The van der Waals surface area contributed by atoms with E-state index in [1.165, 1.54) is 0 Å². The van der Waals surface area contributed by atoms with Gasteiger partial charge in [-0.1, -0.05) is 0 Å². The van der Waals surface area contributed by atoms with Crippen LogP contribution in [0, 0.1) is 5.92 Å². The normalized spacial score (nSPS) is 21.5. The van der Waals surface area contributed by atoms with E-state index in [-0.39, 0.29) is 23.6 Å². The number of hydrogen-bond donors (Lipinski definition) is 1. The lowest BCUT2D eigenvalue weighted by molar-refractivity contribution is -0.135. The monoisotopic (exact) mass is 310 g/mol. The van der Waals surface area contributed by atoms with Crippen LogP contribution in [-0.4, -0.2) is 78.2 Å². The molecule has 0 unspecified atom stereocenters. The Balaban J connectivity index is 1.77. The zero-order chi connectivity index (χ0) is 16.1. The molecule has 0 aromatic carbocycles. The highest BCUT2D eigenvalue weighted by Gasteiger charge is 2.27. The molecule has 0 aliphatic carbocycles. The van der Waals surface area contributed by atoms with Gasteiger partial charge in [-0.05, 0) is 19.3 Å². The molecule has 2 fully saturated rings. The van der Waals surface area contributed by atoms with E-state index in [4.69, 9.17) is 5.73 Å². The number of likely N-dealkylation sites (tertiary alicyclic amines) is 1. The summed E-state index contributed by atoms with van der Waals surface area (Å²) < 4.78 is 0. The predicted octanol–water partition coefficient (Wildman–Crippen LogP) is -0.735. The fourth-order valence-corrected chi connectivity index (χ4v) is 3.15. The standard InChI is InChI=1S/C15H26N4O3/c1-12(20)18-6-2-5-17(9-10-18)11-14(21)19-7-3-13(4-8-19)15(16)22/h13H,2-11H2,1H3,(H2,16,22). The van der Waals surface area contributed by atoms with Crippen LogP contribution in [0.2, 0.25) is 0 Å². The van der Waals surface area contributed by atoms with Gasteiger partial charge in [0.15, 0.2) is 0 Å². The number of amides is 3. The van der Waals surface area contributed by atoms with Crippen LogP contribution in [0.4, 0.5) is 0 Å². The van der Waals surface area contributed by atoms with Crippen molar-refractivity contribution in [2.45, 2.75) is 26.2 Å². The van der Waals surface area contributed by atoms with Crippen molar-refractivity contribution in [3.8, 4) is 0 Å². The number of carbonyl (C=O) groups is 3. The summed E-state index contributed by atoms with van der Waals surface area (Å²) in [5, 5.41) is 0. The van der Waals surface area contributed by atoms with E-state index >= 15 is 0 Å². The molecule has 124 valence electrons. The van der Waals surface area contributed by atoms with E-state index in [1.54, 1.807) is 6.92 Å². The first-order chi connectivity index (χ1) is 10.5. The van der Waals surface area contributed by atoms with Gasteiger partial charge in [-0.3, -0.25) is 19.3 Å². The number of primary amides is 1. The van der Waals surface area contributed by atoms with Crippen LogP contribution in [0.5, 0.6) is 0 Å². The molecule has 0 spiro atoms. The summed E-state index contributed by atoms with van der Waals surface area (Å²) in [4.78, 5) is 40.7. The maximum atomic E-state index is 12.4. The van der Waals surface area contributed by atoms with E-state index in [0.29, 0.717) is 39.0 Å². The summed E-state index contributed by atoms with van der Waals surface area (Å²) in [5.74, 6) is -0.142. The van der Waals surface area contributed by atoms with E-state index in [2.05, 4.69) is 4.90 Å². The van der Waals surface area contributed by atoms with Crippen LogP contribution >= 0.6 is 0 Å². The molecule has 0 radical (unpaired) electrons. The summed E-state index contributed by atoms with van der Waals surface area (Å²) >= 11 is 0. The van der Waals surface area contributed by atoms with Crippen LogP contribution in [0.1, 0.15) is 26.2 Å². The largest absolute Gasteiger partial charge is 0.369 e. The first-order valence-electron chi connectivity index (χ1n) is 8.02. The molecule has 0 aromatic rings. The summed E-state index contributed by atoms with van der Waals surface area (Å²) in [6.07, 6.45) is 2.23. The Hall–Kier alpha value is -1.63. The van der Waals surface area contributed by atoms with Gasteiger partial charge in [0, 0.05) is 52.1 Å². The Kier molecular flexibility index (Phi) is 5.76. The van der Waals surface area contributed by atoms with Gasteiger partial charge in [0.05, 0.1) is 6.54 Å². The number of piperidine rings is 1. The minimum Gasteiger partial charge on any atom is -0.369 e. The number of nitrogens with two attached hydrogens (primary N) is 1. The van der Waals surface area contributed by atoms with Crippen molar-refractivity contribution in [2.24, 2.45) is 11.7 Å². The Morgan fingerprint density at radius 3 is 2.23 bits per heavy atom. The Morgan fingerprint density at radius 2 is 1.64 bits per heavy atom. The van der Waals surface area contributed by atoms with Gasteiger partial charge in [0.2, 0.25) is 17.7 Å². The lowest BCUT2D eigenvalue weighted by Crippen LogP contribution is -2.46. The van der Waals surface area contributed by atoms with Gasteiger partial charge in [-0.2, -0.15) is 0 Å². The van der Waals surface area contributed by atoms with Crippen LogP contribution in [0.25, 0.3) is 0 Å². The van der Waals surface area contributed by atoms with Crippen LogP contribution in [0.3, 0.4) is 0 Å². The number of rotatable bonds is 3. The lowest BCUT2D eigenvalue weighted by atomic mass is 9.96. The van der Waals surface area contributed by atoms with Gasteiger partial charge in [0.1, 0.15) is 0 Å². The second-order valence-corrected chi connectivity index (χ2v) is 6.19. The molecular weight excluding hydrogens is 284 g/mol. The van der Waals surface area contributed by atoms with E-state index in [0.717, 1.165) is 26.1 Å². The molecule has 22 heavy (non-hydrogen) atoms. The molecule has 0 aromatic heterocycles. The molecule has 0 atom stereocenters. The average Bonchev–Trinajstić information content (AvgIpc) is 2.73. The Labute approximate surface area is 131 Å². The van der Waals surface area contributed by atoms with Crippen molar-refractivity contribution in [1.29, 1.82) is 0 Å². The van der Waals surface area contributed by atoms with Gasteiger partial charge in [-0.15, -0.1) is 0 Å². The molecule has 2 heterocycles. The van der Waals surface area contributed by atoms with E-state index < -0.39 is 0 Å². The third-order valence-electron chi connectivity index (χ3n) is 4.64. The first kappa shape index (κ1) is 16.7. The Morgan fingerprint density at radius 1 is 0.955 bits per heavy atom. The summed E-state index contributed by atoms with van der Waals surface area (Å²) in [5.41, 5.74) is 5.31. The van der Waals surface area contributed by atoms with Crippen molar-refractivity contribution in [3.05, 3.63) is 0 Å². The van der Waals surface area contributed by atoms with Gasteiger partial charge >= 0.3 is 0 Å². The zero-order valence-electron chi connectivity index (χ0n) is 13.3. The summed E-state index contributed by atoms with van der Waals surface area (Å²) in [6.45, 7) is 6.24. The molecule has 3 amide bonds. The second kappa shape index (κ2) is 7.58. The third kappa shape index (κ3) is 4.43. The summed E-state index contributed by atoms with van der Waals surface area (Å²) in [6, 6.07) is 0. The fourth-order valence-electron chi connectivity index (χ4n) is 3.15. The summed E-state index contributed by atoms with van der Waals surface area (Å²) in [7, 11) is 0. The highest BCUT2D eigenvalue weighted by molar-refractivity contribution is 5.80. The van der Waals surface area contributed by atoms with Crippen LogP contribution in [-0.2, 0) is 14.4 Å². The van der Waals surface area contributed by atoms with Gasteiger partial charge < -0.3 is 15.5 Å². The molecule has 0 bridgehead atoms. The Bertz CT molecular complexity index is 433. The lowest BCUT2D eigenvalue weighted by Gasteiger charge is -2.32. The van der Waals surface area contributed by atoms with Gasteiger partial charge in [-0.25, -0.2) is 0 Å². The highest BCUT2D eigenvalue weighted by atomic mass is 16.2. The molecular formula is C15H26N4O3. The van der Waals surface area contributed by atoms with Crippen LogP contribution < -0.4 is 5.73 Å². The third-order valence-corrected chi connectivity index (χ3v) is 4.64. The molecule has 0 saturated carbocycles. The first-order valence-corrected chi connectivity index (χ1v) is 8.02. The predicted molar refractivity (Wildman–Crippen MR) is 81.8 cm³/mol. The molecule has 2 saturated heterocycles. The van der Waals surface area contributed by atoms with Gasteiger partial charge in [0.25, 0.3) is 0 Å². The molecule has 2 rings (SSSR count). The topological polar surface area (TPSA) is 87.0 Å². The molecule has 2 aliphatic heterocycles. The quantitative estimate of drug-likeness (QED) is 0.744. The van der Waals surface area contributed by atoms with E-state index in [9.17, 15) is 14.4 Å². The zero-order valence-corrected chi connectivity index (χ0v) is 13.3. The SMILES string of the molecule is CC(=O)N1CCCN(CC(=O)N2CCC(C(N)=O)CC2)CC1. The van der Waals surface area contributed by atoms with E-state index in [1.807, 2.05) is 9.80 Å². The molecule has 7 heteroatoms. The average molecular weight is 310 g/mol. The molecule has 7 nitrogen and oxygen atoms in total. The van der Waals surface area contributed by atoms with Crippen molar-refractivity contribution in [2.75, 3.05) is 45.8 Å². The number of hydrogen-bond acceptors (Lipinski definition) is 4. The number of nitrogens with zero attached hydrogens (tertiary/aromatic N) is 3. The molecule has 2 N–H and O–H groups in total. The maximum absolute atomic E-state index is 12.4. The van der Waals surface area contributed by atoms with Crippen molar-refractivity contribution < 1.29 is 14.4 Å². The minimum absolute atomic E-state index is 0.0913. The smallest absolute Gasteiger partial charge is 0.236 e. The fraction of sp³-hybridized carbons (Fsp3) is 0.800. The highest BCUT2D eigenvalue weighted by Crippen LogP contribution is 2.17. The maximum Gasteiger partial charge on any atom is 0.236 e. The van der Waals surface area contributed by atoms with Crippen molar-refractivity contribution in [3.63, 3.8) is 0 Å².